The lowest BCUT2D eigenvalue weighted by Crippen LogP contribution is -2.38. The van der Waals surface area contributed by atoms with E-state index in [1.165, 1.54) is 22.1 Å². The second kappa shape index (κ2) is 10.5. The Labute approximate surface area is 203 Å². The molecule has 0 saturated carbocycles. The summed E-state index contributed by atoms with van der Waals surface area (Å²) in [6.07, 6.45) is 3.70. The minimum atomic E-state index is -0.637. The van der Waals surface area contributed by atoms with Crippen LogP contribution in [0.5, 0.6) is 0 Å². The van der Waals surface area contributed by atoms with Crippen LogP contribution in [0.15, 0.2) is 24.8 Å². The number of hydrogen-bond donors (Lipinski definition) is 0. The summed E-state index contributed by atoms with van der Waals surface area (Å²) < 4.78 is 7.30. The van der Waals surface area contributed by atoms with E-state index in [9.17, 15) is 9.59 Å². The monoisotopic (exact) mass is 488 g/mol. The van der Waals surface area contributed by atoms with E-state index in [4.69, 9.17) is 28.0 Å². The highest BCUT2D eigenvalue weighted by molar-refractivity contribution is 7.16. The third-order valence-corrected chi connectivity index (χ3v) is 6.92. The summed E-state index contributed by atoms with van der Waals surface area (Å²) in [5, 5.41) is 4.69. The SMILES string of the molecule is [C-]#[N+]c1c(C2CCN(C(=O)OCC=C)CC2)nn(C(=O)C(C)(C)C)c1CCc1ccc(Cl)s1. The van der Waals surface area contributed by atoms with Crippen molar-refractivity contribution in [1.82, 2.24) is 14.7 Å². The summed E-state index contributed by atoms with van der Waals surface area (Å²) in [6, 6.07) is 3.83. The number of hydrogen-bond acceptors (Lipinski definition) is 5. The molecule has 1 aliphatic rings. The second-order valence-corrected chi connectivity index (χ2v) is 10.9. The van der Waals surface area contributed by atoms with Crippen LogP contribution in [-0.2, 0) is 17.6 Å². The van der Waals surface area contributed by atoms with Crippen LogP contribution in [0.25, 0.3) is 4.85 Å². The van der Waals surface area contributed by atoms with Crippen LogP contribution in [-0.4, -0.2) is 46.4 Å². The molecule has 0 N–H and O–H groups in total. The van der Waals surface area contributed by atoms with Gasteiger partial charge in [-0.2, -0.15) is 5.10 Å². The second-order valence-electron chi connectivity index (χ2n) is 9.09. The molecular formula is C24H29ClN4O3S. The summed E-state index contributed by atoms with van der Waals surface area (Å²) in [6.45, 7) is 18.2. The van der Waals surface area contributed by atoms with Crippen LogP contribution in [0, 0.1) is 12.0 Å². The Morgan fingerprint density at radius 2 is 2.03 bits per heavy atom. The number of nitrogens with zero attached hydrogens (tertiary/aromatic N) is 4. The normalized spacial score (nSPS) is 14.7. The average Bonchev–Trinajstić information content (AvgIpc) is 3.37. The third-order valence-electron chi connectivity index (χ3n) is 5.63. The molecule has 0 radical (unpaired) electrons. The standard InChI is InChI=1S/C24H29ClN4O3S/c1-6-15-32-23(31)28-13-11-16(12-14-28)20-21(26-5)18(9-7-17-8-10-19(25)33-17)29(27-20)22(30)24(2,3)4/h6,8,10,16H,1,7,9,11-15H2,2-4H3. The zero-order valence-electron chi connectivity index (χ0n) is 19.3. The van der Waals surface area contributed by atoms with Crippen molar-refractivity contribution in [2.45, 2.75) is 52.4 Å². The molecule has 0 bridgehead atoms. The van der Waals surface area contributed by atoms with Crippen LogP contribution in [0.2, 0.25) is 4.34 Å². The minimum absolute atomic E-state index is 0.00139. The van der Waals surface area contributed by atoms with Crippen LogP contribution in [0.1, 0.15) is 60.6 Å². The van der Waals surface area contributed by atoms with E-state index < -0.39 is 5.41 Å². The average molecular weight is 489 g/mol. The van der Waals surface area contributed by atoms with Gasteiger partial charge in [0, 0.05) is 23.4 Å². The molecule has 0 atom stereocenters. The Morgan fingerprint density at radius 3 is 2.58 bits per heavy atom. The lowest BCUT2D eigenvalue weighted by atomic mass is 9.92. The molecule has 1 amide bonds. The molecule has 33 heavy (non-hydrogen) atoms. The maximum Gasteiger partial charge on any atom is 0.410 e. The van der Waals surface area contributed by atoms with Crippen molar-refractivity contribution in [2.75, 3.05) is 19.7 Å². The van der Waals surface area contributed by atoms with Crippen LogP contribution >= 0.6 is 22.9 Å². The number of aromatic nitrogens is 2. The van der Waals surface area contributed by atoms with Gasteiger partial charge in [-0.3, -0.25) is 4.79 Å². The van der Waals surface area contributed by atoms with Crippen molar-refractivity contribution < 1.29 is 14.3 Å². The van der Waals surface area contributed by atoms with Gasteiger partial charge in [0.15, 0.2) is 0 Å². The zero-order valence-corrected chi connectivity index (χ0v) is 20.8. The molecule has 1 saturated heterocycles. The molecule has 2 aromatic rings. The summed E-state index contributed by atoms with van der Waals surface area (Å²) in [5.41, 5.74) is 1.13. The molecule has 2 aromatic heterocycles. The van der Waals surface area contributed by atoms with Crippen molar-refractivity contribution >= 4 is 40.6 Å². The molecule has 0 unspecified atom stereocenters. The van der Waals surface area contributed by atoms with E-state index in [0.29, 0.717) is 60.2 Å². The van der Waals surface area contributed by atoms with Gasteiger partial charge in [-0.05, 0) is 43.7 Å². The molecule has 176 valence electrons. The molecule has 0 spiro atoms. The first-order chi connectivity index (χ1) is 15.7. The summed E-state index contributed by atoms with van der Waals surface area (Å²) in [4.78, 5) is 31.9. The minimum Gasteiger partial charge on any atom is -0.445 e. The van der Waals surface area contributed by atoms with Crippen molar-refractivity contribution in [3.8, 4) is 0 Å². The fourth-order valence-electron chi connectivity index (χ4n) is 3.86. The molecule has 1 fully saturated rings. The third kappa shape index (κ3) is 5.84. The number of amides is 1. The van der Waals surface area contributed by atoms with Crippen LogP contribution in [0.4, 0.5) is 10.5 Å². The molecule has 3 heterocycles. The molecule has 3 rings (SSSR count). The van der Waals surface area contributed by atoms with Crippen LogP contribution in [0.3, 0.4) is 0 Å². The summed E-state index contributed by atoms with van der Waals surface area (Å²) >= 11 is 7.57. The maximum atomic E-state index is 13.2. The number of aryl methyl sites for hydroxylation is 1. The molecule has 7 nitrogen and oxygen atoms in total. The van der Waals surface area contributed by atoms with E-state index >= 15 is 0 Å². The number of halogens is 1. The van der Waals surface area contributed by atoms with Crippen molar-refractivity contribution in [3.63, 3.8) is 0 Å². The van der Waals surface area contributed by atoms with E-state index in [2.05, 4.69) is 11.4 Å². The van der Waals surface area contributed by atoms with Gasteiger partial charge in [0.05, 0.1) is 22.3 Å². The topological polar surface area (TPSA) is 68.8 Å². The molecule has 9 heteroatoms. The Morgan fingerprint density at radius 1 is 1.33 bits per heavy atom. The Kier molecular flexibility index (Phi) is 7.98. The number of carbonyl (C=O) groups is 2. The van der Waals surface area contributed by atoms with E-state index in [-0.39, 0.29) is 24.5 Å². The van der Waals surface area contributed by atoms with Gasteiger partial charge in [-0.1, -0.05) is 45.0 Å². The number of ether oxygens (including phenoxy) is 1. The Balaban J connectivity index is 1.86. The highest BCUT2D eigenvalue weighted by atomic mass is 35.5. The smallest absolute Gasteiger partial charge is 0.410 e. The highest BCUT2D eigenvalue weighted by Gasteiger charge is 2.33. The largest absolute Gasteiger partial charge is 0.445 e. The molecule has 0 aliphatic carbocycles. The van der Waals surface area contributed by atoms with Crippen molar-refractivity contribution in [1.29, 1.82) is 0 Å². The predicted octanol–water partition coefficient (Wildman–Crippen LogP) is 6.12. The number of rotatable bonds is 6. The fourth-order valence-corrected chi connectivity index (χ4v) is 4.94. The number of thiophene rings is 1. The lowest BCUT2D eigenvalue weighted by Gasteiger charge is -2.30. The Hall–Kier alpha value is -2.63. The highest BCUT2D eigenvalue weighted by Crippen LogP contribution is 2.38. The first-order valence-corrected chi connectivity index (χ1v) is 12.2. The summed E-state index contributed by atoms with van der Waals surface area (Å²) in [5.74, 6) is -0.134. The van der Waals surface area contributed by atoms with Crippen LogP contribution < -0.4 is 0 Å². The molecule has 1 aliphatic heterocycles. The zero-order chi connectivity index (χ0) is 24.2. The Bertz CT molecular complexity index is 1070. The number of likely N-dealkylation sites (tertiary alicyclic amines) is 1. The van der Waals surface area contributed by atoms with Gasteiger partial charge in [0.1, 0.15) is 6.61 Å². The van der Waals surface area contributed by atoms with E-state index in [1.54, 1.807) is 4.90 Å². The van der Waals surface area contributed by atoms with Gasteiger partial charge >= 0.3 is 6.09 Å². The maximum absolute atomic E-state index is 13.2. The quantitative estimate of drug-likeness (QED) is 0.362. The van der Waals surface area contributed by atoms with Crippen molar-refractivity contribution in [3.05, 3.63) is 56.8 Å². The van der Waals surface area contributed by atoms with Gasteiger partial charge in [0.2, 0.25) is 5.69 Å². The van der Waals surface area contributed by atoms with Gasteiger partial charge < -0.3 is 9.64 Å². The molecule has 0 aromatic carbocycles. The number of carbonyl (C=O) groups excluding carboxylic acids is 2. The first-order valence-electron chi connectivity index (χ1n) is 11.0. The predicted molar refractivity (Wildman–Crippen MR) is 130 cm³/mol. The summed E-state index contributed by atoms with van der Waals surface area (Å²) in [7, 11) is 0. The van der Waals surface area contributed by atoms with E-state index in [0.717, 1.165) is 4.88 Å². The van der Waals surface area contributed by atoms with Crippen molar-refractivity contribution in [2.24, 2.45) is 5.41 Å². The number of piperidine rings is 1. The first kappa shape index (κ1) is 25.0. The lowest BCUT2D eigenvalue weighted by molar-refractivity contribution is 0.0743. The molecular weight excluding hydrogens is 460 g/mol. The van der Waals surface area contributed by atoms with Gasteiger partial charge in [0.25, 0.3) is 5.91 Å². The van der Waals surface area contributed by atoms with E-state index in [1.807, 2.05) is 32.9 Å². The van der Waals surface area contributed by atoms with Gasteiger partial charge in [-0.25, -0.2) is 14.3 Å². The fraction of sp³-hybridized carbons (Fsp3) is 0.500. The van der Waals surface area contributed by atoms with Gasteiger partial charge in [-0.15, -0.1) is 11.3 Å².